The Bertz CT molecular complexity index is 146. The van der Waals surface area contributed by atoms with E-state index in [1.807, 2.05) is 11.8 Å². The van der Waals surface area contributed by atoms with Crippen LogP contribution in [0.3, 0.4) is 0 Å². The Balaban J connectivity index is 1.91. The Kier molecular flexibility index (Phi) is 4.46. The molecule has 0 amide bonds. The Morgan fingerprint density at radius 1 is 1.58 bits per heavy atom. The molecule has 1 fully saturated rings. The summed E-state index contributed by atoms with van der Waals surface area (Å²) in [5.74, 6) is 0.519. The van der Waals surface area contributed by atoms with Crippen molar-refractivity contribution >= 4 is 17.7 Å². The summed E-state index contributed by atoms with van der Waals surface area (Å²) in [4.78, 5) is 10.2. The molecule has 3 nitrogen and oxygen atoms in total. The van der Waals surface area contributed by atoms with Gasteiger partial charge in [-0.05, 0) is 12.8 Å². The van der Waals surface area contributed by atoms with Gasteiger partial charge in [-0.2, -0.15) is 0 Å². The fourth-order valence-corrected chi connectivity index (χ4v) is 2.36. The maximum atomic E-state index is 10.2. The highest BCUT2D eigenvalue weighted by Gasteiger charge is 2.13. The van der Waals surface area contributed by atoms with E-state index in [0.29, 0.717) is 11.8 Å². The Morgan fingerprint density at radius 2 is 2.42 bits per heavy atom. The zero-order valence-electron chi connectivity index (χ0n) is 7.08. The van der Waals surface area contributed by atoms with Crippen LogP contribution in [0.25, 0.3) is 0 Å². The zero-order chi connectivity index (χ0) is 8.81. The number of carboxylic acid groups (broad SMARTS) is 1. The minimum absolute atomic E-state index is 0.317. The molecule has 2 N–H and O–H groups in total. The van der Waals surface area contributed by atoms with Crippen molar-refractivity contribution in [2.45, 2.75) is 31.1 Å². The SMILES string of the molecule is O=C(O)CCCCC1NCCS1. The second kappa shape index (κ2) is 5.43. The van der Waals surface area contributed by atoms with E-state index in [1.54, 1.807) is 0 Å². The lowest BCUT2D eigenvalue weighted by atomic mass is 10.2. The van der Waals surface area contributed by atoms with Gasteiger partial charge < -0.3 is 10.4 Å². The summed E-state index contributed by atoms with van der Waals surface area (Å²) < 4.78 is 0. The second-order valence-electron chi connectivity index (χ2n) is 2.95. The molecular weight excluding hydrogens is 174 g/mol. The van der Waals surface area contributed by atoms with Crippen LogP contribution in [0, 0.1) is 0 Å². The van der Waals surface area contributed by atoms with Crippen LogP contribution in [0.2, 0.25) is 0 Å². The molecule has 1 aliphatic heterocycles. The first-order valence-electron chi connectivity index (χ1n) is 4.36. The van der Waals surface area contributed by atoms with E-state index in [4.69, 9.17) is 5.11 Å². The first-order chi connectivity index (χ1) is 5.79. The number of thioether (sulfide) groups is 1. The molecule has 4 heteroatoms. The minimum Gasteiger partial charge on any atom is -0.481 e. The van der Waals surface area contributed by atoms with E-state index in [-0.39, 0.29) is 0 Å². The molecule has 0 spiro atoms. The average molecular weight is 189 g/mol. The van der Waals surface area contributed by atoms with Gasteiger partial charge in [0.1, 0.15) is 0 Å². The van der Waals surface area contributed by atoms with E-state index in [2.05, 4.69) is 5.32 Å². The van der Waals surface area contributed by atoms with Gasteiger partial charge >= 0.3 is 5.97 Å². The molecule has 1 atom stereocenters. The number of carboxylic acids is 1. The van der Waals surface area contributed by atoms with E-state index in [0.717, 1.165) is 25.8 Å². The minimum atomic E-state index is -0.679. The Labute approximate surface area is 76.9 Å². The molecule has 0 radical (unpaired) electrons. The highest BCUT2D eigenvalue weighted by atomic mass is 32.2. The predicted octanol–water partition coefficient (Wildman–Crippen LogP) is 1.29. The predicted molar refractivity (Wildman–Crippen MR) is 50.4 cm³/mol. The van der Waals surface area contributed by atoms with Crippen molar-refractivity contribution in [3.63, 3.8) is 0 Å². The monoisotopic (exact) mass is 189 g/mol. The van der Waals surface area contributed by atoms with E-state index < -0.39 is 5.97 Å². The molecule has 0 saturated carbocycles. The largest absolute Gasteiger partial charge is 0.481 e. The van der Waals surface area contributed by atoms with Crippen LogP contribution in [0.5, 0.6) is 0 Å². The molecular formula is C8H15NO2S. The summed E-state index contributed by atoms with van der Waals surface area (Å²) >= 11 is 1.94. The van der Waals surface area contributed by atoms with Gasteiger partial charge in [0.25, 0.3) is 0 Å². The molecule has 12 heavy (non-hydrogen) atoms. The first-order valence-corrected chi connectivity index (χ1v) is 5.40. The normalized spacial score (nSPS) is 22.8. The molecule has 1 unspecified atom stereocenters. The topological polar surface area (TPSA) is 49.3 Å². The van der Waals surface area contributed by atoms with Crippen LogP contribution in [0.4, 0.5) is 0 Å². The van der Waals surface area contributed by atoms with Crippen LogP contribution >= 0.6 is 11.8 Å². The lowest BCUT2D eigenvalue weighted by Crippen LogP contribution is -2.19. The third-order valence-corrected chi connectivity index (χ3v) is 3.14. The van der Waals surface area contributed by atoms with Gasteiger partial charge in [-0.1, -0.05) is 6.42 Å². The van der Waals surface area contributed by atoms with Gasteiger partial charge in [0.05, 0.1) is 5.37 Å². The van der Waals surface area contributed by atoms with Crippen molar-refractivity contribution in [1.29, 1.82) is 0 Å². The quantitative estimate of drug-likeness (QED) is 0.640. The number of hydrogen-bond acceptors (Lipinski definition) is 3. The number of unbranched alkanes of at least 4 members (excludes halogenated alkanes) is 1. The van der Waals surface area contributed by atoms with Crippen LogP contribution in [-0.4, -0.2) is 28.7 Å². The van der Waals surface area contributed by atoms with E-state index in [9.17, 15) is 4.79 Å². The average Bonchev–Trinajstić information content (AvgIpc) is 2.49. The Hall–Kier alpha value is -0.220. The molecule has 0 bridgehead atoms. The summed E-state index contributed by atoms with van der Waals surface area (Å²) in [6.07, 6.45) is 3.26. The maximum Gasteiger partial charge on any atom is 0.303 e. The van der Waals surface area contributed by atoms with Crippen LogP contribution in [0.15, 0.2) is 0 Å². The summed E-state index contributed by atoms with van der Waals surface area (Å²) in [6, 6.07) is 0. The highest BCUT2D eigenvalue weighted by Crippen LogP contribution is 2.19. The molecule has 70 valence electrons. The molecule has 1 saturated heterocycles. The smallest absolute Gasteiger partial charge is 0.303 e. The molecule has 1 heterocycles. The van der Waals surface area contributed by atoms with Gasteiger partial charge in [-0.25, -0.2) is 0 Å². The van der Waals surface area contributed by atoms with Crippen molar-refractivity contribution < 1.29 is 9.90 Å². The van der Waals surface area contributed by atoms with Gasteiger partial charge in [0.2, 0.25) is 0 Å². The van der Waals surface area contributed by atoms with Crippen LogP contribution in [-0.2, 0) is 4.79 Å². The lowest BCUT2D eigenvalue weighted by Gasteiger charge is -2.07. The van der Waals surface area contributed by atoms with Crippen molar-refractivity contribution in [2.75, 3.05) is 12.3 Å². The number of aliphatic carboxylic acids is 1. The van der Waals surface area contributed by atoms with E-state index in [1.165, 1.54) is 5.75 Å². The Morgan fingerprint density at radius 3 is 3.00 bits per heavy atom. The van der Waals surface area contributed by atoms with E-state index >= 15 is 0 Å². The van der Waals surface area contributed by atoms with Gasteiger partial charge in [0, 0.05) is 18.7 Å². The third kappa shape index (κ3) is 3.97. The van der Waals surface area contributed by atoms with Crippen molar-refractivity contribution in [1.82, 2.24) is 5.32 Å². The van der Waals surface area contributed by atoms with Gasteiger partial charge in [-0.15, -0.1) is 11.8 Å². The summed E-state index contributed by atoms with van der Waals surface area (Å²) in [7, 11) is 0. The third-order valence-electron chi connectivity index (χ3n) is 1.90. The van der Waals surface area contributed by atoms with Crippen LogP contribution in [0.1, 0.15) is 25.7 Å². The lowest BCUT2D eigenvalue weighted by molar-refractivity contribution is -0.137. The molecule has 1 rings (SSSR count). The fourth-order valence-electron chi connectivity index (χ4n) is 1.27. The fraction of sp³-hybridized carbons (Fsp3) is 0.875. The molecule has 0 aromatic heterocycles. The molecule has 0 aromatic carbocycles. The zero-order valence-corrected chi connectivity index (χ0v) is 7.90. The number of carbonyl (C=O) groups is 1. The second-order valence-corrected chi connectivity index (χ2v) is 4.26. The number of nitrogens with one attached hydrogen (secondary N) is 1. The van der Waals surface area contributed by atoms with Crippen molar-refractivity contribution in [2.24, 2.45) is 0 Å². The van der Waals surface area contributed by atoms with Crippen molar-refractivity contribution in [3.05, 3.63) is 0 Å². The first kappa shape index (κ1) is 9.86. The number of rotatable bonds is 5. The van der Waals surface area contributed by atoms with Gasteiger partial charge in [-0.3, -0.25) is 4.79 Å². The summed E-state index contributed by atoms with van der Waals surface area (Å²) in [5.41, 5.74) is 0. The summed E-state index contributed by atoms with van der Waals surface area (Å²) in [6.45, 7) is 1.11. The van der Waals surface area contributed by atoms with Crippen molar-refractivity contribution in [3.8, 4) is 0 Å². The van der Waals surface area contributed by atoms with Gasteiger partial charge in [0.15, 0.2) is 0 Å². The highest BCUT2D eigenvalue weighted by molar-refractivity contribution is 8.00. The summed E-state index contributed by atoms with van der Waals surface area (Å²) in [5, 5.41) is 12.3. The van der Waals surface area contributed by atoms with Crippen LogP contribution < -0.4 is 5.32 Å². The molecule has 0 aliphatic carbocycles. The molecule has 0 aromatic rings. The number of hydrogen-bond donors (Lipinski definition) is 2. The maximum absolute atomic E-state index is 10.2. The standard InChI is InChI=1S/C8H15NO2S/c10-8(11)4-2-1-3-7-9-5-6-12-7/h7,9H,1-6H2,(H,10,11). The molecule has 1 aliphatic rings.